The molecule has 26 heavy (non-hydrogen) atoms. The van der Waals surface area contributed by atoms with Gasteiger partial charge in [0.2, 0.25) is 5.95 Å². The van der Waals surface area contributed by atoms with Crippen molar-refractivity contribution in [3.05, 3.63) is 54.5 Å². The molecule has 1 fully saturated rings. The van der Waals surface area contributed by atoms with E-state index >= 15 is 0 Å². The molecule has 0 radical (unpaired) electrons. The van der Waals surface area contributed by atoms with Crippen molar-refractivity contribution in [1.29, 1.82) is 0 Å². The van der Waals surface area contributed by atoms with Crippen molar-refractivity contribution in [2.45, 2.75) is 6.54 Å². The number of carbonyl (C=O) groups excluding carboxylic acids is 1. The van der Waals surface area contributed by atoms with Crippen LogP contribution in [0.1, 0.15) is 16.3 Å². The predicted octanol–water partition coefficient (Wildman–Crippen LogP) is 1.63. The van der Waals surface area contributed by atoms with Gasteiger partial charge >= 0.3 is 0 Å². The fraction of sp³-hybridized carbons (Fsp3) is 0.294. The van der Waals surface area contributed by atoms with E-state index in [0.717, 1.165) is 5.76 Å². The number of anilines is 2. The topological polar surface area (TPSA) is 101 Å². The third kappa shape index (κ3) is 3.51. The molecule has 0 spiro atoms. The van der Waals surface area contributed by atoms with Gasteiger partial charge in [-0.2, -0.15) is 10.1 Å². The second-order valence-electron chi connectivity index (χ2n) is 5.83. The van der Waals surface area contributed by atoms with Crippen LogP contribution in [0.4, 0.5) is 11.8 Å². The lowest BCUT2D eigenvalue weighted by Crippen LogP contribution is -2.49. The molecule has 0 unspecified atom stereocenters. The number of furan rings is 2. The Hall–Kier alpha value is -3.36. The lowest BCUT2D eigenvalue weighted by Gasteiger charge is -2.34. The summed E-state index contributed by atoms with van der Waals surface area (Å²) in [4.78, 5) is 20.6. The fourth-order valence-electron chi connectivity index (χ4n) is 2.77. The second kappa shape index (κ2) is 7.26. The predicted molar refractivity (Wildman–Crippen MR) is 92.7 cm³/mol. The SMILES string of the molecule is O=C(c1ccco1)N1CCN(c2nncc(NCc3ccco3)n2)CC1. The first-order valence-electron chi connectivity index (χ1n) is 8.33. The summed E-state index contributed by atoms with van der Waals surface area (Å²) in [6.07, 6.45) is 4.71. The Labute approximate surface area is 149 Å². The number of amides is 1. The summed E-state index contributed by atoms with van der Waals surface area (Å²) >= 11 is 0. The summed E-state index contributed by atoms with van der Waals surface area (Å²) < 4.78 is 10.5. The molecule has 1 saturated heterocycles. The van der Waals surface area contributed by atoms with Crippen LogP contribution in [0.15, 0.2) is 51.8 Å². The Morgan fingerprint density at radius 3 is 2.65 bits per heavy atom. The van der Waals surface area contributed by atoms with E-state index < -0.39 is 0 Å². The first-order valence-corrected chi connectivity index (χ1v) is 8.33. The Balaban J connectivity index is 1.35. The van der Waals surface area contributed by atoms with Crippen molar-refractivity contribution >= 4 is 17.7 Å². The van der Waals surface area contributed by atoms with E-state index in [1.54, 1.807) is 29.5 Å². The molecular weight excluding hydrogens is 336 g/mol. The number of nitrogens with one attached hydrogen (secondary N) is 1. The molecule has 4 rings (SSSR count). The zero-order valence-corrected chi connectivity index (χ0v) is 14.0. The van der Waals surface area contributed by atoms with Crippen molar-refractivity contribution in [1.82, 2.24) is 20.1 Å². The average Bonchev–Trinajstić information content (AvgIpc) is 3.40. The maximum atomic E-state index is 12.3. The van der Waals surface area contributed by atoms with Crippen LogP contribution in [0.3, 0.4) is 0 Å². The second-order valence-corrected chi connectivity index (χ2v) is 5.83. The highest BCUT2D eigenvalue weighted by atomic mass is 16.3. The first kappa shape index (κ1) is 16.1. The molecule has 1 aliphatic rings. The van der Waals surface area contributed by atoms with Gasteiger partial charge in [-0.25, -0.2) is 0 Å². The van der Waals surface area contributed by atoms with Crippen LogP contribution in [0, 0.1) is 0 Å². The molecule has 0 bridgehead atoms. The minimum atomic E-state index is -0.0949. The summed E-state index contributed by atoms with van der Waals surface area (Å²) in [5, 5.41) is 11.3. The number of aromatic nitrogens is 3. The van der Waals surface area contributed by atoms with Crippen molar-refractivity contribution < 1.29 is 13.6 Å². The standard InChI is InChI=1S/C17H18N6O3/c24-16(14-4-2-10-26-14)22-5-7-23(8-6-22)17-20-15(12-19-21-17)18-11-13-3-1-9-25-13/h1-4,9-10,12H,5-8,11H2,(H,18,20,21). The summed E-state index contributed by atoms with van der Waals surface area (Å²) in [6, 6.07) is 7.11. The van der Waals surface area contributed by atoms with Crippen LogP contribution in [-0.4, -0.2) is 52.2 Å². The van der Waals surface area contributed by atoms with Gasteiger partial charge in [0.05, 0.1) is 25.3 Å². The maximum absolute atomic E-state index is 12.3. The molecule has 4 heterocycles. The molecular formula is C17H18N6O3. The molecule has 0 saturated carbocycles. The van der Waals surface area contributed by atoms with Gasteiger partial charge in [0.25, 0.3) is 5.91 Å². The van der Waals surface area contributed by atoms with Gasteiger partial charge in [0.15, 0.2) is 11.6 Å². The molecule has 1 aliphatic heterocycles. The highest BCUT2D eigenvalue weighted by molar-refractivity contribution is 5.91. The molecule has 3 aromatic heterocycles. The number of hydrogen-bond donors (Lipinski definition) is 1. The van der Waals surface area contributed by atoms with Crippen LogP contribution >= 0.6 is 0 Å². The van der Waals surface area contributed by atoms with Crippen molar-refractivity contribution in [2.75, 3.05) is 36.4 Å². The Morgan fingerprint density at radius 2 is 1.92 bits per heavy atom. The monoisotopic (exact) mass is 354 g/mol. The van der Waals surface area contributed by atoms with E-state index in [2.05, 4.69) is 20.5 Å². The van der Waals surface area contributed by atoms with E-state index in [9.17, 15) is 4.79 Å². The smallest absolute Gasteiger partial charge is 0.289 e. The van der Waals surface area contributed by atoms with E-state index in [4.69, 9.17) is 8.83 Å². The normalized spacial score (nSPS) is 14.5. The van der Waals surface area contributed by atoms with Crippen LogP contribution < -0.4 is 10.2 Å². The van der Waals surface area contributed by atoms with Gasteiger partial charge in [-0.15, -0.1) is 5.10 Å². The molecule has 3 aromatic rings. The highest BCUT2D eigenvalue weighted by Crippen LogP contribution is 2.15. The van der Waals surface area contributed by atoms with Crippen molar-refractivity contribution in [2.24, 2.45) is 0 Å². The Morgan fingerprint density at radius 1 is 1.12 bits per heavy atom. The van der Waals surface area contributed by atoms with Gasteiger partial charge in [0.1, 0.15) is 5.76 Å². The number of hydrogen-bond acceptors (Lipinski definition) is 8. The summed E-state index contributed by atoms with van der Waals surface area (Å²) in [5.41, 5.74) is 0. The summed E-state index contributed by atoms with van der Waals surface area (Å²) in [6.45, 7) is 2.95. The number of piperazine rings is 1. The van der Waals surface area contributed by atoms with Gasteiger partial charge in [-0.05, 0) is 24.3 Å². The zero-order valence-electron chi connectivity index (χ0n) is 14.0. The van der Waals surface area contributed by atoms with E-state index in [1.165, 1.54) is 6.26 Å². The van der Waals surface area contributed by atoms with E-state index in [-0.39, 0.29) is 5.91 Å². The van der Waals surface area contributed by atoms with Crippen LogP contribution in [-0.2, 0) is 6.54 Å². The summed E-state index contributed by atoms with van der Waals surface area (Å²) in [7, 11) is 0. The fourth-order valence-corrected chi connectivity index (χ4v) is 2.77. The number of nitrogens with zero attached hydrogens (tertiary/aromatic N) is 5. The van der Waals surface area contributed by atoms with Crippen molar-refractivity contribution in [3.63, 3.8) is 0 Å². The molecule has 9 nitrogen and oxygen atoms in total. The molecule has 0 aromatic carbocycles. The lowest BCUT2D eigenvalue weighted by molar-refractivity contribution is 0.0714. The highest BCUT2D eigenvalue weighted by Gasteiger charge is 2.25. The van der Waals surface area contributed by atoms with Crippen LogP contribution in [0.2, 0.25) is 0 Å². The van der Waals surface area contributed by atoms with Gasteiger partial charge < -0.3 is 24.0 Å². The molecule has 1 amide bonds. The first-order chi connectivity index (χ1) is 12.8. The van der Waals surface area contributed by atoms with E-state index in [0.29, 0.717) is 50.3 Å². The van der Waals surface area contributed by atoms with Gasteiger partial charge in [0, 0.05) is 26.2 Å². The number of carbonyl (C=O) groups is 1. The Bertz CT molecular complexity index is 841. The van der Waals surface area contributed by atoms with Gasteiger partial charge in [-0.1, -0.05) is 0 Å². The largest absolute Gasteiger partial charge is 0.467 e. The minimum absolute atomic E-state index is 0.0949. The minimum Gasteiger partial charge on any atom is -0.467 e. The average molecular weight is 354 g/mol. The van der Waals surface area contributed by atoms with Crippen LogP contribution in [0.25, 0.3) is 0 Å². The molecule has 1 N–H and O–H groups in total. The van der Waals surface area contributed by atoms with Crippen molar-refractivity contribution in [3.8, 4) is 0 Å². The molecule has 0 aliphatic carbocycles. The van der Waals surface area contributed by atoms with Gasteiger partial charge in [-0.3, -0.25) is 4.79 Å². The molecule has 9 heteroatoms. The van der Waals surface area contributed by atoms with Crippen LogP contribution in [0.5, 0.6) is 0 Å². The molecule has 0 atom stereocenters. The third-order valence-electron chi connectivity index (χ3n) is 4.15. The quantitative estimate of drug-likeness (QED) is 0.738. The number of rotatable bonds is 5. The Kier molecular flexibility index (Phi) is 4.50. The summed E-state index contributed by atoms with van der Waals surface area (Å²) in [5.74, 6) is 2.25. The zero-order chi connectivity index (χ0) is 17.8. The lowest BCUT2D eigenvalue weighted by atomic mass is 10.3. The third-order valence-corrected chi connectivity index (χ3v) is 4.15. The molecule has 134 valence electrons. The van der Waals surface area contributed by atoms with E-state index in [1.807, 2.05) is 17.0 Å². The maximum Gasteiger partial charge on any atom is 0.289 e.